The maximum Gasteiger partial charge on any atom is 0.230 e. The van der Waals surface area contributed by atoms with E-state index in [1.54, 1.807) is 0 Å². The van der Waals surface area contributed by atoms with E-state index in [4.69, 9.17) is 0 Å². The molecule has 120 valence electrons. The lowest BCUT2D eigenvalue weighted by atomic mass is 9.75. The van der Waals surface area contributed by atoms with Crippen LogP contribution in [0.2, 0.25) is 0 Å². The van der Waals surface area contributed by atoms with Crippen molar-refractivity contribution in [2.45, 2.75) is 48.8 Å². The summed E-state index contributed by atoms with van der Waals surface area (Å²) in [6, 6.07) is 11.1. The highest BCUT2D eigenvalue weighted by Gasteiger charge is 2.33. The maximum atomic E-state index is 12.2. The second-order valence-corrected chi connectivity index (χ2v) is 7.14. The van der Waals surface area contributed by atoms with E-state index < -0.39 is 0 Å². The van der Waals surface area contributed by atoms with Crippen LogP contribution in [0.3, 0.4) is 0 Å². The summed E-state index contributed by atoms with van der Waals surface area (Å²) in [5.74, 6) is 0.873. The number of amides is 1. The molecule has 1 aromatic carbocycles. The van der Waals surface area contributed by atoms with E-state index in [1.165, 1.54) is 17.3 Å². The molecule has 0 unspecified atom stereocenters. The monoisotopic (exact) mass is 329 g/mol. The zero-order valence-corrected chi connectivity index (χ0v) is 13.6. The van der Waals surface area contributed by atoms with Crippen LogP contribution in [-0.4, -0.2) is 37.9 Å². The third-order valence-corrected chi connectivity index (χ3v) is 5.47. The summed E-state index contributed by atoms with van der Waals surface area (Å²) in [6.45, 7) is 0. The first kappa shape index (κ1) is 14.7. The zero-order valence-electron chi connectivity index (χ0n) is 12.8. The predicted molar refractivity (Wildman–Crippen MR) is 87.2 cm³/mol. The molecule has 2 aliphatic rings. The van der Waals surface area contributed by atoms with Gasteiger partial charge in [-0.1, -0.05) is 42.1 Å². The molecule has 1 amide bonds. The predicted octanol–water partition coefficient (Wildman–Crippen LogP) is 2.16. The first-order chi connectivity index (χ1) is 11.3. The fraction of sp³-hybridized carbons (Fsp3) is 0.500. The SMILES string of the molecule is O=C(CSc1nnnn1C1CC1)N[C@@H]1CC[C@H]1c1ccccc1. The Balaban J connectivity index is 1.29. The summed E-state index contributed by atoms with van der Waals surface area (Å²) >= 11 is 1.42. The first-order valence-electron chi connectivity index (χ1n) is 8.06. The van der Waals surface area contributed by atoms with E-state index in [-0.39, 0.29) is 11.9 Å². The molecule has 0 spiro atoms. The molecule has 0 bridgehead atoms. The molecule has 1 aromatic heterocycles. The molecule has 1 N–H and O–H groups in total. The Morgan fingerprint density at radius 3 is 2.74 bits per heavy atom. The number of carbonyl (C=O) groups excluding carboxylic acids is 1. The van der Waals surface area contributed by atoms with Gasteiger partial charge in [-0.3, -0.25) is 4.79 Å². The van der Waals surface area contributed by atoms with Gasteiger partial charge in [0.15, 0.2) is 0 Å². The van der Waals surface area contributed by atoms with Crippen LogP contribution in [-0.2, 0) is 4.79 Å². The molecule has 1 heterocycles. The molecule has 0 saturated heterocycles. The van der Waals surface area contributed by atoms with Crippen LogP contribution in [0, 0.1) is 0 Å². The number of tetrazole rings is 1. The van der Waals surface area contributed by atoms with E-state index in [2.05, 4.69) is 45.1 Å². The zero-order chi connectivity index (χ0) is 15.6. The highest BCUT2D eigenvalue weighted by atomic mass is 32.2. The maximum absolute atomic E-state index is 12.2. The Kier molecular flexibility index (Phi) is 4.03. The van der Waals surface area contributed by atoms with Gasteiger partial charge >= 0.3 is 0 Å². The van der Waals surface area contributed by atoms with Gasteiger partial charge in [-0.05, 0) is 41.7 Å². The van der Waals surface area contributed by atoms with E-state index in [9.17, 15) is 4.79 Å². The van der Waals surface area contributed by atoms with E-state index in [1.807, 2.05) is 10.7 Å². The van der Waals surface area contributed by atoms with Crippen LogP contribution in [0.5, 0.6) is 0 Å². The summed E-state index contributed by atoms with van der Waals surface area (Å²) in [5.41, 5.74) is 1.31. The van der Waals surface area contributed by atoms with Crippen LogP contribution in [0.4, 0.5) is 0 Å². The van der Waals surface area contributed by atoms with Crippen LogP contribution < -0.4 is 5.32 Å². The van der Waals surface area contributed by atoms with Gasteiger partial charge in [0.1, 0.15) is 0 Å². The lowest BCUT2D eigenvalue weighted by molar-refractivity contribution is -0.119. The minimum absolute atomic E-state index is 0.0611. The normalized spacial score (nSPS) is 23.3. The molecule has 2 aliphatic carbocycles. The number of carbonyl (C=O) groups is 1. The summed E-state index contributed by atoms with van der Waals surface area (Å²) in [7, 11) is 0. The number of benzene rings is 1. The first-order valence-corrected chi connectivity index (χ1v) is 9.05. The molecule has 6 nitrogen and oxygen atoms in total. The van der Waals surface area contributed by atoms with E-state index >= 15 is 0 Å². The minimum atomic E-state index is 0.0611. The Morgan fingerprint density at radius 2 is 2.04 bits per heavy atom. The number of thioether (sulfide) groups is 1. The third-order valence-electron chi connectivity index (χ3n) is 4.54. The molecule has 7 heteroatoms. The van der Waals surface area contributed by atoms with E-state index in [0.29, 0.717) is 17.7 Å². The van der Waals surface area contributed by atoms with Crippen molar-refractivity contribution in [3.05, 3.63) is 35.9 Å². The Bertz CT molecular complexity index is 685. The summed E-state index contributed by atoms with van der Waals surface area (Å²) in [6.07, 6.45) is 4.45. The third kappa shape index (κ3) is 3.24. The van der Waals surface area contributed by atoms with Gasteiger partial charge in [0.05, 0.1) is 11.8 Å². The van der Waals surface area contributed by atoms with Crippen molar-refractivity contribution in [1.29, 1.82) is 0 Å². The summed E-state index contributed by atoms with van der Waals surface area (Å²) in [5, 5.41) is 15.6. The van der Waals surface area contributed by atoms with Gasteiger partial charge in [0.2, 0.25) is 11.1 Å². The van der Waals surface area contributed by atoms with Gasteiger partial charge in [-0.15, -0.1) is 5.10 Å². The molecular weight excluding hydrogens is 310 g/mol. The smallest absolute Gasteiger partial charge is 0.230 e. The largest absolute Gasteiger partial charge is 0.352 e. The van der Waals surface area contributed by atoms with Crippen LogP contribution in [0.25, 0.3) is 0 Å². The van der Waals surface area contributed by atoms with Gasteiger partial charge < -0.3 is 5.32 Å². The van der Waals surface area contributed by atoms with Crippen molar-refractivity contribution >= 4 is 17.7 Å². The lowest BCUT2D eigenvalue weighted by Gasteiger charge is -2.37. The molecule has 23 heavy (non-hydrogen) atoms. The number of nitrogens with one attached hydrogen (secondary N) is 1. The van der Waals surface area contributed by atoms with Gasteiger partial charge in [0.25, 0.3) is 0 Å². The molecule has 4 rings (SSSR count). The number of rotatable bonds is 6. The van der Waals surface area contributed by atoms with Gasteiger partial charge in [0, 0.05) is 12.0 Å². The molecule has 2 aromatic rings. The Labute approximate surface area is 139 Å². The molecule has 0 aliphatic heterocycles. The van der Waals surface area contributed by atoms with Crippen molar-refractivity contribution in [2.75, 3.05) is 5.75 Å². The summed E-state index contributed by atoms with van der Waals surface area (Å²) < 4.78 is 1.84. The van der Waals surface area contributed by atoms with Gasteiger partial charge in [-0.25, -0.2) is 4.68 Å². The fourth-order valence-electron chi connectivity index (χ4n) is 2.98. The average molecular weight is 329 g/mol. The topological polar surface area (TPSA) is 72.7 Å². The summed E-state index contributed by atoms with van der Waals surface area (Å²) in [4.78, 5) is 12.2. The number of nitrogens with zero attached hydrogens (tertiary/aromatic N) is 4. The van der Waals surface area contributed by atoms with E-state index in [0.717, 1.165) is 30.8 Å². The number of aromatic nitrogens is 4. The van der Waals surface area contributed by atoms with Crippen LogP contribution in [0.15, 0.2) is 35.5 Å². The van der Waals surface area contributed by atoms with Crippen molar-refractivity contribution in [2.24, 2.45) is 0 Å². The Hall–Kier alpha value is -1.89. The molecule has 2 saturated carbocycles. The quantitative estimate of drug-likeness (QED) is 0.822. The van der Waals surface area contributed by atoms with Crippen LogP contribution in [0.1, 0.15) is 43.2 Å². The Morgan fingerprint density at radius 1 is 1.22 bits per heavy atom. The molecule has 0 radical (unpaired) electrons. The fourth-order valence-corrected chi connectivity index (χ4v) is 3.73. The number of hydrogen-bond donors (Lipinski definition) is 1. The standard InChI is InChI=1S/C16H19N5OS/c22-15(10-23-16-18-19-20-21(16)12-6-7-12)17-14-9-8-13(14)11-4-2-1-3-5-11/h1-5,12-14H,6-10H2,(H,17,22)/t13-,14+/m0/s1. The number of hydrogen-bond acceptors (Lipinski definition) is 5. The second kappa shape index (κ2) is 6.31. The van der Waals surface area contributed by atoms with Crippen molar-refractivity contribution < 1.29 is 4.79 Å². The highest BCUT2D eigenvalue weighted by Crippen LogP contribution is 2.37. The van der Waals surface area contributed by atoms with Gasteiger partial charge in [-0.2, -0.15) is 0 Å². The molecule has 2 fully saturated rings. The molecule has 2 atom stereocenters. The van der Waals surface area contributed by atoms with Crippen molar-refractivity contribution in [3.8, 4) is 0 Å². The molecular formula is C16H19N5OS. The van der Waals surface area contributed by atoms with Crippen LogP contribution >= 0.6 is 11.8 Å². The lowest BCUT2D eigenvalue weighted by Crippen LogP contribution is -2.46. The average Bonchev–Trinajstić information content (AvgIpc) is 3.29. The van der Waals surface area contributed by atoms with Crippen molar-refractivity contribution in [1.82, 2.24) is 25.5 Å². The highest BCUT2D eigenvalue weighted by molar-refractivity contribution is 7.99. The minimum Gasteiger partial charge on any atom is -0.352 e. The second-order valence-electron chi connectivity index (χ2n) is 6.19. The van der Waals surface area contributed by atoms with Crippen molar-refractivity contribution in [3.63, 3.8) is 0 Å².